The molecule has 2 aromatic rings. The summed E-state index contributed by atoms with van der Waals surface area (Å²) < 4.78 is 39.9. The number of halogens is 1. The fraction of sp³-hybridized carbons (Fsp3) is 0.200. The van der Waals surface area contributed by atoms with Crippen molar-refractivity contribution in [3.8, 4) is 0 Å². The van der Waals surface area contributed by atoms with E-state index in [9.17, 15) is 12.8 Å². The molecule has 110 valence electrons. The fourth-order valence-corrected chi connectivity index (χ4v) is 5.56. The van der Waals surface area contributed by atoms with E-state index in [1.165, 1.54) is 28.6 Å². The second kappa shape index (κ2) is 5.79. The van der Waals surface area contributed by atoms with Gasteiger partial charge in [-0.25, -0.2) is 12.8 Å². The van der Waals surface area contributed by atoms with Gasteiger partial charge in [0.1, 0.15) is 5.82 Å². The van der Waals surface area contributed by atoms with Crippen molar-refractivity contribution in [3.63, 3.8) is 0 Å². The van der Waals surface area contributed by atoms with Crippen molar-refractivity contribution in [1.29, 1.82) is 0 Å². The molecule has 1 heterocycles. The molecule has 1 saturated heterocycles. The molecule has 0 unspecified atom stereocenters. The Kier molecular flexibility index (Phi) is 4.01. The first-order valence-corrected chi connectivity index (χ1v) is 9.02. The molecule has 21 heavy (non-hydrogen) atoms. The van der Waals surface area contributed by atoms with E-state index in [4.69, 9.17) is 0 Å². The standard InChI is InChI=1S/C15H14FNO2S2/c16-13-6-8-14(9-7-13)21(18,19)17-10-11-20-15(17)12-4-2-1-3-5-12/h1-9,15H,10-11H2/t15-/m1/s1. The fourth-order valence-electron chi connectivity index (χ4n) is 2.32. The molecule has 0 radical (unpaired) electrons. The summed E-state index contributed by atoms with van der Waals surface area (Å²) in [5, 5.41) is -0.221. The van der Waals surface area contributed by atoms with E-state index < -0.39 is 15.8 Å². The first kappa shape index (κ1) is 14.6. The maximum Gasteiger partial charge on any atom is 0.244 e. The molecule has 2 aromatic carbocycles. The molecule has 0 spiro atoms. The third-order valence-corrected chi connectivity index (χ3v) is 6.63. The van der Waals surface area contributed by atoms with Gasteiger partial charge in [0.15, 0.2) is 0 Å². The first-order valence-electron chi connectivity index (χ1n) is 6.53. The summed E-state index contributed by atoms with van der Waals surface area (Å²) in [7, 11) is -3.61. The number of thioether (sulfide) groups is 1. The molecule has 1 aliphatic heterocycles. The minimum atomic E-state index is -3.61. The van der Waals surface area contributed by atoms with E-state index in [1.54, 1.807) is 11.8 Å². The van der Waals surface area contributed by atoms with Gasteiger partial charge in [-0.2, -0.15) is 4.31 Å². The van der Waals surface area contributed by atoms with Gasteiger partial charge in [-0.05, 0) is 29.8 Å². The zero-order chi connectivity index (χ0) is 14.9. The summed E-state index contributed by atoms with van der Waals surface area (Å²) in [6.07, 6.45) is 0. The average molecular weight is 323 g/mol. The molecule has 0 aromatic heterocycles. The number of nitrogens with zero attached hydrogens (tertiary/aromatic N) is 1. The summed E-state index contributed by atoms with van der Waals surface area (Å²) in [6, 6.07) is 14.5. The van der Waals surface area contributed by atoms with Gasteiger partial charge >= 0.3 is 0 Å². The molecule has 6 heteroatoms. The smallest absolute Gasteiger partial charge is 0.207 e. The lowest BCUT2D eigenvalue weighted by Crippen LogP contribution is -2.30. The maximum atomic E-state index is 13.0. The summed E-state index contributed by atoms with van der Waals surface area (Å²) >= 11 is 1.60. The lowest BCUT2D eigenvalue weighted by molar-refractivity contribution is 0.434. The normalized spacial score (nSPS) is 19.8. The molecule has 1 atom stereocenters. The van der Waals surface area contributed by atoms with Crippen molar-refractivity contribution in [2.24, 2.45) is 0 Å². The van der Waals surface area contributed by atoms with Crippen LogP contribution in [0.5, 0.6) is 0 Å². The van der Waals surface area contributed by atoms with Gasteiger partial charge < -0.3 is 0 Å². The van der Waals surface area contributed by atoms with Crippen LogP contribution in [0.25, 0.3) is 0 Å². The van der Waals surface area contributed by atoms with E-state index in [0.29, 0.717) is 6.54 Å². The highest BCUT2D eigenvalue weighted by Crippen LogP contribution is 2.41. The van der Waals surface area contributed by atoms with Crippen LogP contribution in [-0.4, -0.2) is 25.0 Å². The van der Waals surface area contributed by atoms with Crippen LogP contribution in [0.1, 0.15) is 10.9 Å². The monoisotopic (exact) mass is 323 g/mol. The van der Waals surface area contributed by atoms with Crippen molar-refractivity contribution >= 4 is 21.8 Å². The van der Waals surface area contributed by atoms with Crippen molar-refractivity contribution in [3.05, 3.63) is 66.0 Å². The van der Waals surface area contributed by atoms with Crippen LogP contribution in [0.3, 0.4) is 0 Å². The number of hydrogen-bond donors (Lipinski definition) is 0. The minimum absolute atomic E-state index is 0.132. The summed E-state index contributed by atoms with van der Waals surface area (Å²) in [6.45, 7) is 0.462. The van der Waals surface area contributed by atoms with Gasteiger partial charge in [-0.1, -0.05) is 30.3 Å². The molecular weight excluding hydrogens is 309 g/mol. The Morgan fingerprint density at radius 3 is 2.38 bits per heavy atom. The Hall–Kier alpha value is -1.37. The highest BCUT2D eigenvalue weighted by Gasteiger charge is 2.36. The first-order chi connectivity index (χ1) is 10.1. The van der Waals surface area contributed by atoms with E-state index in [0.717, 1.165) is 11.3 Å². The molecule has 0 amide bonds. The van der Waals surface area contributed by atoms with Gasteiger partial charge in [-0.15, -0.1) is 11.8 Å². The SMILES string of the molecule is O=S(=O)(c1ccc(F)cc1)N1CCS[C@@H]1c1ccccc1. The molecule has 0 bridgehead atoms. The van der Waals surface area contributed by atoms with Crippen LogP contribution in [0.2, 0.25) is 0 Å². The van der Waals surface area contributed by atoms with Crippen molar-refractivity contribution < 1.29 is 12.8 Å². The van der Waals surface area contributed by atoms with Crippen LogP contribution in [0.15, 0.2) is 59.5 Å². The van der Waals surface area contributed by atoms with Gasteiger partial charge in [-0.3, -0.25) is 0 Å². The minimum Gasteiger partial charge on any atom is -0.207 e. The van der Waals surface area contributed by atoms with E-state index >= 15 is 0 Å². The maximum absolute atomic E-state index is 13.0. The highest BCUT2D eigenvalue weighted by atomic mass is 32.2. The van der Waals surface area contributed by atoms with Crippen LogP contribution < -0.4 is 0 Å². The van der Waals surface area contributed by atoms with Crippen LogP contribution >= 0.6 is 11.8 Å². The number of sulfonamides is 1. The average Bonchev–Trinajstić information content (AvgIpc) is 2.99. The summed E-state index contributed by atoms with van der Waals surface area (Å²) in [5.74, 6) is 0.310. The molecule has 3 nitrogen and oxygen atoms in total. The van der Waals surface area contributed by atoms with E-state index in [2.05, 4.69) is 0 Å². The van der Waals surface area contributed by atoms with Crippen molar-refractivity contribution in [1.82, 2.24) is 4.31 Å². The zero-order valence-corrected chi connectivity index (χ0v) is 12.8. The number of hydrogen-bond acceptors (Lipinski definition) is 3. The van der Waals surface area contributed by atoms with Gasteiger partial charge in [0.25, 0.3) is 0 Å². The predicted molar refractivity (Wildman–Crippen MR) is 81.9 cm³/mol. The Bertz CT molecular complexity index is 717. The number of benzene rings is 2. The largest absolute Gasteiger partial charge is 0.244 e. The third kappa shape index (κ3) is 2.84. The lowest BCUT2D eigenvalue weighted by Gasteiger charge is -2.23. The van der Waals surface area contributed by atoms with Crippen molar-refractivity contribution in [2.75, 3.05) is 12.3 Å². The molecule has 1 fully saturated rings. The quantitative estimate of drug-likeness (QED) is 0.870. The Balaban J connectivity index is 1.96. The summed E-state index contributed by atoms with van der Waals surface area (Å²) in [4.78, 5) is 0.132. The van der Waals surface area contributed by atoms with E-state index in [1.807, 2.05) is 30.3 Å². The van der Waals surface area contributed by atoms with E-state index in [-0.39, 0.29) is 10.3 Å². The molecule has 3 rings (SSSR count). The Morgan fingerprint density at radius 2 is 1.71 bits per heavy atom. The Labute approximate surface area is 127 Å². The number of rotatable bonds is 3. The van der Waals surface area contributed by atoms with Gasteiger partial charge in [0.05, 0.1) is 10.3 Å². The topological polar surface area (TPSA) is 37.4 Å². The zero-order valence-electron chi connectivity index (χ0n) is 11.1. The molecule has 1 aliphatic rings. The second-order valence-corrected chi connectivity index (χ2v) is 7.78. The van der Waals surface area contributed by atoms with Crippen molar-refractivity contribution in [2.45, 2.75) is 10.3 Å². The third-order valence-electron chi connectivity index (χ3n) is 3.35. The van der Waals surface area contributed by atoms with Crippen LogP contribution in [0.4, 0.5) is 4.39 Å². The Morgan fingerprint density at radius 1 is 1.05 bits per heavy atom. The lowest BCUT2D eigenvalue weighted by atomic mass is 10.2. The van der Waals surface area contributed by atoms with Gasteiger partial charge in [0, 0.05) is 12.3 Å². The molecule has 0 N–H and O–H groups in total. The second-order valence-electron chi connectivity index (χ2n) is 4.70. The summed E-state index contributed by atoms with van der Waals surface area (Å²) in [5.41, 5.74) is 0.964. The van der Waals surface area contributed by atoms with Crippen LogP contribution in [-0.2, 0) is 10.0 Å². The van der Waals surface area contributed by atoms with Crippen LogP contribution in [0, 0.1) is 5.82 Å². The highest BCUT2D eigenvalue weighted by molar-refractivity contribution is 8.01. The predicted octanol–water partition coefficient (Wildman–Crippen LogP) is 3.26. The van der Waals surface area contributed by atoms with Gasteiger partial charge in [0.2, 0.25) is 10.0 Å². The molecular formula is C15H14FNO2S2. The molecule has 0 saturated carbocycles. The molecule has 0 aliphatic carbocycles.